The Morgan fingerprint density at radius 2 is 2.24 bits per heavy atom. The SMILES string of the molecule is CNC(CC(=O)N1CCc2c(OC)ccc(N)c21)C(=O)O. The number of nitrogens with zero attached hydrogens (tertiary/aromatic N) is 1. The van der Waals surface area contributed by atoms with Crippen molar-refractivity contribution in [3.05, 3.63) is 17.7 Å². The number of ether oxygens (including phenoxy) is 1. The number of rotatable bonds is 5. The number of fused-ring (bicyclic) bond motifs is 1. The van der Waals surface area contributed by atoms with Crippen molar-refractivity contribution >= 4 is 23.3 Å². The maximum atomic E-state index is 12.4. The molecule has 7 nitrogen and oxygen atoms in total. The molecule has 1 atom stereocenters. The first-order valence-electron chi connectivity index (χ1n) is 6.65. The summed E-state index contributed by atoms with van der Waals surface area (Å²) in [6, 6.07) is 2.56. The number of carboxylic acid groups (broad SMARTS) is 1. The zero-order chi connectivity index (χ0) is 15.6. The van der Waals surface area contributed by atoms with Crippen LogP contribution in [0.1, 0.15) is 12.0 Å². The maximum Gasteiger partial charge on any atom is 0.321 e. The molecule has 4 N–H and O–H groups in total. The zero-order valence-electron chi connectivity index (χ0n) is 12.0. The zero-order valence-corrected chi connectivity index (χ0v) is 12.0. The number of anilines is 2. The van der Waals surface area contributed by atoms with E-state index in [-0.39, 0.29) is 12.3 Å². The average Bonchev–Trinajstić information content (AvgIpc) is 2.90. The van der Waals surface area contributed by atoms with Gasteiger partial charge in [-0.1, -0.05) is 0 Å². The van der Waals surface area contributed by atoms with Crippen LogP contribution < -0.4 is 20.7 Å². The molecule has 1 aromatic carbocycles. The van der Waals surface area contributed by atoms with E-state index in [1.165, 1.54) is 7.05 Å². The summed E-state index contributed by atoms with van der Waals surface area (Å²) in [4.78, 5) is 24.9. The quantitative estimate of drug-likeness (QED) is 0.671. The molecule has 21 heavy (non-hydrogen) atoms. The number of benzene rings is 1. The van der Waals surface area contributed by atoms with Crippen LogP contribution in [-0.4, -0.2) is 43.7 Å². The molecular formula is C14H19N3O4. The van der Waals surface area contributed by atoms with Gasteiger partial charge in [0, 0.05) is 12.1 Å². The summed E-state index contributed by atoms with van der Waals surface area (Å²) in [5, 5.41) is 11.6. The molecular weight excluding hydrogens is 274 g/mol. The Hall–Kier alpha value is -2.28. The minimum absolute atomic E-state index is 0.123. The van der Waals surface area contributed by atoms with Crippen molar-refractivity contribution in [3.8, 4) is 5.75 Å². The lowest BCUT2D eigenvalue weighted by Crippen LogP contribution is -2.40. The molecule has 0 bridgehead atoms. The van der Waals surface area contributed by atoms with Crippen molar-refractivity contribution in [2.24, 2.45) is 0 Å². The van der Waals surface area contributed by atoms with Gasteiger partial charge in [0.15, 0.2) is 0 Å². The summed E-state index contributed by atoms with van der Waals surface area (Å²) in [5.41, 5.74) is 7.99. The van der Waals surface area contributed by atoms with Crippen LogP contribution in [0.3, 0.4) is 0 Å². The highest BCUT2D eigenvalue weighted by atomic mass is 16.5. The molecule has 0 fully saturated rings. The number of carbonyl (C=O) groups excluding carboxylic acids is 1. The number of hydrogen-bond acceptors (Lipinski definition) is 5. The molecule has 2 rings (SSSR count). The molecule has 0 aromatic heterocycles. The number of nitrogen functional groups attached to an aromatic ring is 1. The van der Waals surface area contributed by atoms with Crippen molar-refractivity contribution in [2.45, 2.75) is 18.9 Å². The second-order valence-corrected chi connectivity index (χ2v) is 4.86. The minimum atomic E-state index is -1.05. The number of nitrogens with two attached hydrogens (primary N) is 1. The van der Waals surface area contributed by atoms with E-state index in [1.807, 2.05) is 0 Å². The largest absolute Gasteiger partial charge is 0.496 e. The molecule has 0 saturated carbocycles. The number of likely N-dealkylation sites (N-methyl/N-ethyl adjacent to an activating group) is 1. The predicted molar refractivity (Wildman–Crippen MR) is 78.6 cm³/mol. The summed E-state index contributed by atoms with van der Waals surface area (Å²) >= 11 is 0. The normalized spacial score (nSPS) is 14.7. The molecule has 0 aliphatic carbocycles. The molecule has 0 spiro atoms. The standard InChI is InChI=1S/C14H19N3O4/c1-16-10(14(19)20)7-12(18)17-6-5-8-11(21-2)4-3-9(15)13(8)17/h3-4,10,16H,5-7,15H2,1-2H3,(H,19,20). The van der Waals surface area contributed by atoms with Crippen LogP contribution in [0, 0.1) is 0 Å². The molecule has 1 aliphatic heterocycles. The van der Waals surface area contributed by atoms with E-state index >= 15 is 0 Å². The third-order valence-electron chi connectivity index (χ3n) is 3.67. The van der Waals surface area contributed by atoms with Crippen LogP contribution in [0.15, 0.2) is 12.1 Å². The van der Waals surface area contributed by atoms with Gasteiger partial charge >= 0.3 is 5.97 Å². The van der Waals surface area contributed by atoms with Crippen molar-refractivity contribution < 1.29 is 19.4 Å². The summed E-state index contributed by atoms with van der Waals surface area (Å²) in [5.74, 6) is -0.628. The van der Waals surface area contributed by atoms with Gasteiger partial charge in [-0.15, -0.1) is 0 Å². The third kappa shape index (κ3) is 2.78. The molecule has 0 radical (unpaired) electrons. The maximum absolute atomic E-state index is 12.4. The van der Waals surface area contributed by atoms with Gasteiger partial charge in [0.25, 0.3) is 0 Å². The lowest BCUT2D eigenvalue weighted by Gasteiger charge is -2.21. The Balaban J connectivity index is 2.26. The summed E-state index contributed by atoms with van der Waals surface area (Å²) < 4.78 is 5.28. The number of amides is 1. The fraction of sp³-hybridized carbons (Fsp3) is 0.429. The van der Waals surface area contributed by atoms with Gasteiger partial charge < -0.3 is 25.8 Å². The highest BCUT2D eigenvalue weighted by Crippen LogP contribution is 2.40. The van der Waals surface area contributed by atoms with Gasteiger partial charge in [-0.25, -0.2) is 0 Å². The summed E-state index contributed by atoms with van der Waals surface area (Å²) in [7, 11) is 3.08. The third-order valence-corrected chi connectivity index (χ3v) is 3.67. The fourth-order valence-corrected chi connectivity index (χ4v) is 2.57. The molecule has 1 aromatic rings. The van der Waals surface area contributed by atoms with Crippen molar-refractivity contribution in [3.63, 3.8) is 0 Å². The van der Waals surface area contributed by atoms with Crippen LogP contribution in [0.4, 0.5) is 11.4 Å². The molecule has 1 amide bonds. The molecule has 1 unspecified atom stereocenters. The summed E-state index contributed by atoms with van der Waals surface area (Å²) in [6.45, 7) is 0.481. The second-order valence-electron chi connectivity index (χ2n) is 4.86. The van der Waals surface area contributed by atoms with Crippen LogP contribution in [-0.2, 0) is 16.0 Å². The lowest BCUT2D eigenvalue weighted by atomic mass is 10.1. The van der Waals surface area contributed by atoms with Crippen molar-refractivity contribution in [1.82, 2.24) is 5.32 Å². The molecule has 1 heterocycles. The van der Waals surface area contributed by atoms with Gasteiger partial charge in [0.1, 0.15) is 11.8 Å². The second kappa shape index (κ2) is 6.01. The van der Waals surface area contributed by atoms with E-state index in [1.54, 1.807) is 24.1 Å². The molecule has 1 aliphatic rings. The van der Waals surface area contributed by atoms with Gasteiger partial charge in [-0.05, 0) is 25.6 Å². The monoisotopic (exact) mass is 293 g/mol. The molecule has 0 saturated heterocycles. The Morgan fingerprint density at radius 3 is 2.81 bits per heavy atom. The van der Waals surface area contributed by atoms with Crippen LogP contribution in [0.5, 0.6) is 5.75 Å². The van der Waals surface area contributed by atoms with Crippen LogP contribution in [0.2, 0.25) is 0 Å². The van der Waals surface area contributed by atoms with Gasteiger partial charge in [0.2, 0.25) is 5.91 Å². The fourth-order valence-electron chi connectivity index (χ4n) is 2.57. The molecule has 114 valence electrons. The van der Waals surface area contributed by atoms with E-state index in [0.717, 1.165) is 5.56 Å². The van der Waals surface area contributed by atoms with Crippen LogP contribution in [0.25, 0.3) is 0 Å². The van der Waals surface area contributed by atoms with E-state index < -0.39 is 12.0 Å². The number of carboxylic acids is 1. The van der Waals surface area contributed by atoms with Crippen molar-refractivity contribution in [2.75, 3.05) is 31.3 Å². The van der Waals surface area contributed by atoms with Gasteiger partial charge in [-0.2, -0.15) is 0 Å². The molecule has 7 heteroatoms. The van der Waals surface area contributed by atoms with Crippen molar-refractivity contribution in [1.29, 1.82) is 0 Å². The van der Waals surface area contributed by atoms with E-state index in [9.17, 15) is 9.59 Å². The minimum Gasteiger partial charge on any atom is -0.496 e. The highest BCUT2D eigenvalue weighted by Gasteiger charge is 2.31. The Bertz CT molecular complexity index is 574. The van der Waals surface area contributed by atoms with Crippen LogP contribution >= 0.6 is 0 Å². The van der Waals surface area contributed by atoms with E-state index in [2.05, 4.69) is 5.32 Å². The summed E-state index contributed by atoms with van der Waals surface area (Å²) in [6.07, 6.45) is 0.522. The first-order chi connectivity index (χ1) is 9.99. The Kier molecular flexibility index (Phi) is 4.32. The first-order valence-corrected chi connectivity index (χ1v) is 6.65. The average molecular weight is 293 g/mol. The van der Waals surface area contributed by atoms with E-state index in [4.69, 9.17) is 15.6 Å². The number of nitrogens with one attached hydrogen (secondary N) is 1. The number of carbonyl (C=O) groups is 2. The lowest BCUT2D eigenvalue weighted by molar-refractivity contribution is -0.141. The Morgan fingerprint density at radius 1 is 1.52 bits per heavy atom. The predicted octanol–water partition coefficient (Wildman–Crippen LogP) is 0.229. The topological polar surface area (TPSA) is 105 Å². The number of aliphatic carboxylic acids is 1. The Labute approximate surface area is 122 Å². The number of hydrogen-bond donors (Lipinski definition) is 3. The van der Waals surface area contributed by atoms with E-state index in [0.29, 0.717) is 30.1 Å². The van der Waals surface area contributed by atoms with Gasteiger partial charge in [-0.3, -0.25) is 9.59 Å². The smallest absolute Gasteiger partial charge is 0.321 e. The number of methoxy groups -OCH3 is 1. The van der Waals surface area contributed by atoms with Gasteiger partial charge in [0.05, 0.1) is 24.9 Å². The highest BCUT2D eigenvalue weighted by molar-refractivity contribution is 6.01. The first kappa shape index (κ1) is 15.1.